The van der Waals surface area contributed by atoms with E-state index in [9.17, 15) is 13.2 Å². The summed E-state index contributed by atoms with van der Waals surface area (Å²) in [5.74, 6) is 0.198. The zero-order valence-corrected chi connectivity index (χ0v) is 17.2. The summed E-state index contributed by atoms with van der Waals surface area (Å²) in [6.07, 6.45) is 12.1. The van der Waals surface area contributed by atoms with Crippen LogP contribution in [0.5, 0.6) is 0 Å². The Bertz CT molecular complexity index is 429. The first-order chi connectivity index (χ1) is 12.5. The molecule has 7 nitrogen and oxygen atoms in total. The van der Waals surface area contributed by atoms with Crippen LogP contribution in [0.4, 0.5) is 0 Å². The minimum atomic E-state index is -4.09. The molecule has 0 amide bonds. The van der Waals surface area contributed by atoms with Crippen molar-refractivity contribution < 1.29 is 31.4 Å². The molecule has 0 N–H and O–H groups in total. The first kappa shape index (κ1) is 29.7. The van der Waals surface area contributed by atoms with Gasteiger partial charge in [-0.2, -0.15) is 8.42 Å². The van der Waals surface area contributed by atoms with Gasteiger partial charge in [-0.1, -0.05) is 62.6 Å². The maximum absolute atomic E-state index is 11.7. The number of unbranched alkanes of at least 4 members (excludes halogenated alkanes) is 8. The van der Waals surface area contributed by atoms with E-state index in [-0.39, 0.29) is 55.2 Å². The predicted octanol–water partition coefficient (Wildman–Crippen LogP) is 3.46. The molecule has 0 bridgehead atoms. The van der Waals surface area contributed by atoms with Crippen LogP contribution in [-0.2, 0) is 33.3 Å². The standard InChI is InChI=1S/C18H36O7S.Na.H/c1-3-5-6-7-8-9-10-11-12-13-18(19)14-15-22-16-17-23-25-26(20,21)24-4-2;;/h3-17H2,1-2H3;;. The van der Waals surface area contributed by atoms with E-state index in [1.807, 2.05) is 0 Å². The zero-order chi connectivity index (χ0) is 19.5. The van der Waals surface area contributed by atoms with Gasteiger partial charge in [-0.05, 0) is 13.3 Å². The fraction of sp³-hybridized carbons (Fsp3) is 0.944. The summed E-state index contributed by atoms with van der Waals surface area (Å²) >= 11 is 0. The summed E-state index contributed by atoms with van der Waals surface area (Å²) in [5, 5.41) is 0. The summed E-state index contributed by atoms with van der Waals surface area (Å²) in [7, 11) is -4.09. The van der Waals surface area contributed by atoms with Crippen molar-refractivity contribution in [2.75, 3.05) is 26.4 Å². The Morgan fingerprint density at radius 2 is 1.37 bits per heavy atom. The molecular formula is C18H37NaO7S. The quantitative estimate of drug-likeness (QED) is 0.129. The third kappa shape index (κ3) is 22.6. The average molecular weight is 421 g/mol. The molecule has 0 rings (SSSR count). The number of hydrogen-bond donors (Lipinski definition) is 0. The SMILES string of the molecule is CCCCCCCCCCCC(=O)CCOCCOOS(=O)(=O)OCC.[NaH]. The molecule has 0 saturated heterocycles. The number of ether oxygens (including phenoxy) is 1. The van der Waals surface area contributed by atoms with Gasteiger partial charge in [0.05, 0.1) is 19.8 Å². The molecule has 0 aliphatic carbocycles. The molecule has 9 heteroatoms. The Hall–Kier alpha value is 0.460. The van der Waals surface area contributed by atoms with Gasteiger partial charge in [0, 0.05) is 12.8 Å². The van der Waals surface area contributed by atoms with Crippen molar-refractivity contribution in [3.63, 3.8) is 0 Å². The van der Waals surface area contributed by atoms with Crippen molar-refractivity contribution in [3.8, 4) is 0 Å². The first-order valence-corrected chi connectivity index (χ1v) is 11.1. The molecule has 0 fully saturated rings. The molecule has 27 heavy (non-hydrogen) atoms. The normalized spacial score (nSPS) is 11.3. The molecule has 0 aliphatic rings. The van der Waals surface area contributed by atoms with Crippen molar-refractivity contribution in [2.45, 2.75) is 84.5 Å². The van der Waals surface area contributed by atoms with E-state index in [4.69, 9.17) is 4.74 Å². The molecule has 0 aromatic rings. The van der Waals surface area contributed by atoms with Gasteiger partial charge in [0.2, 0.25) is 0 Å². The van der Waals surface area contributed by atoms with E-state index in [0.29, 0.717) is 19.4 Å². The molecule has 158 valence electrons. The van der Waals surface area contributed by atoms with E-state index in [1.165, 1.54) is 51.9 Å². The summed E-state index contributed by atoms with van der Waals surface area (Å²) in [6, 6.07) is 0. The molecular weight excluding hydrogens is 383 g/mol. The third-order valence-electron chi connectivity index (χ3n) is 3.79. The van der Waals surface area contributed by atoms with Gasteiger partial charge in [-0.25, -0.2) is 9.07 Å². The number of hydrogen-bond acceptors (Lipinski definition) is 7. The van der Waals surface area contributed by atoms with E-state index in [2.05, 4.69) is 20.3 Å². The molecule has 0 aliphatic heterocycles. The van der Waals surface area contributed by atoms with Crippen LogP contribution >= 0.6 is 0 Å². The Labute approximate surface area is 187 Å². The maximum atomic E-state index is 11.7. The van der Waals surface area contributed by atoms with Crippen LogP contribution in [0.2, 0.25) is 0 Å². The summed E-state index contributed by atoms with van der Waals surface area (Å²) < 4.78 is 35.6. The molecule has 0 heterocycles. The minimum absolute atomic E-state index is 0. The van der Waals surface area contributed by atoms with Crippen LogP contribution < -0.4 is 0 Å². The molecule has 0 atom stereocenters. The molecule has 0 radical (unpaired) electrons. The Morgan fingerprint density at radius 3 is 1.96 bits per heavy atom. The van der Waals surface area contributed by atoms with Gasteiger partial charge < -0.3 is 4.74 Å². The van der Waals surface area contributed by atoms with E-state index >= 15 is 0 Å². The zero-order valence-electron chi connectivity index (χ0n) is 16.4. The topological polar surface area (TPSA) is 88.1 Å². The number of carbonyl (C=O) groups is 1. The Morgan fingerprint density at radius 1 is 0.778 bits per heavy atom. The number of rotatable bonds is 20. The summed E-state index contributed by atoms with van der Waals surface area (Å²) in [4.78, 5) is 16.2. The molecule has 0 saturated carbocycles. The number of Topliss-reactive ketones (excluding diaryl/α,β-unsaturated/α-hetero) is 1. The average Bonchev–Trinajstić information content (AvgIpc) is 2.59. The van der Waals surface area contributed by atoms with Gasteiger partial charge in [-0.3, -0.25) is 4.79 Å². The third-order valence-corrected chi connectivity index (χ3v) is 4.58. The van der Waals surface area contributed by atoms with Crippen LogP contribution in [0.25, 0.3) is 0 Å². The second-order valence-electron chi connectivity index (χ2n) is 6.18. The monoisotopic (exact) mass is 420 g/mol. The summed E-state index contributed by atoms with van der Waals surface area (Å²) in [6.45, 7) is 4.11. The van der Waals surface area contributed by atoms with Crippen molar-refractivity contribution >= 4 is 45.7 Å². The van der Waals surface area contributed by atoms with Crippen LogP contribution in [-0.4, -0.2) is 70.2 Å². The van der Waals surface area contributed by atoms with Crippen LogP contribution in [0, 0.1) is 0 Å². The van der Waals surface area contributed by atoms with Gasteiger partial charge in [-0.15, -0.1) is 0 Å². The van der Waals surface area contributed by atoms with Crippen molar-refractivity contribution in [2.24, 2.45) is 0 Å². The van der Waals surface area contributed by atoms with Crippen molar-refractivity contribution in [1.82, 2.24) is 0 Å². The van der Waals surface area contributed by atoms with Gasteiger partial charge in [0.15, 0.2) is 0 Å². The second kappa shape index (κ2) is 21.2. The second-order valence-corrected chi connectivity index (χ2v) is 7.37. The Balaban J connectivity index is 0. The molecule has 0 unspecified atom stereocenters. The number of ketones is 1. The van der Waals surface area contributed by atoms with Gasteiger partial charge >= 0.3 is 40.0 Å². The fourth-order valence-electron chi connectivity index (χ4n) is 2.40. The molecule has 0 spiro atoms. The van der Waals surface area contributed by atoms with Gasteiger partial charge in [0.1, 0.15) is 12.4 Å². The predicted molar refractivity (Wildman–Crippen MR) is 107 cm³/mol. The fourth-order valence-corrected chi connectivity index (χ4v) is 2.91. The van der Waals surface area contributed by atoms with E-state index in [1.54, 1.807) is 0 Å². The Kier molecular flexibility index (Phi) is 23.3. The van der Waals surface area contributed by atoms with Gasteiger partial charge in [0.25, 0.3) is 0 Å². The van der Waals surface area contributed by atoms with Crippen LogP contribution in [0.15, 0.2) is 0 Å². The van der Waals surface area contributed by atoms with Crippen molar-refractivity contribution in [1.29, 1.82) is 0 Å². The molecule has 0 aromatic heterocycles. The molecule has 0 aromatic carbocycles. The van der Waals surface area contributed by atoms with Crippen LogP contribution in [0.1, 0.15) is 84.5 Å². The van der Waals surface area contributed by atoms with Crippen molar-refractivity contribution in [3.05, 3.63) is 0 Å². The summed E-state index contributed by atoms with van der Waals surface area (Å²) in [5.41, 5.74) is 0. The number of carbonyl (C=O) groups excluding carboxylic acids is 1. The van der Waals surface area contributed by atoms with E-state index in [0.717, 1.165) is 12.8 Å². The van der Waals surface area contributed by atoms with E-state index < -0.39 is 10.4 Å². The van der Waals surface area contributed by atoms with Crippen LogP contribution in [0.3, 0.4) is 0 Å². The first-order valence-electron chi connectivity index (χ1n) is 9.81.